The molecule has 0 atom stereocenters. The third-order valence-corrected chi connectivity index (χ3v) is 7.40. The average molecular weight is 497 g/mol. The standard InChI is InChI=1S/C28H32N2O4S.2H2/c1-34-26-15-13-24(14-16-26)28(17-4-3-5-18-28)27(31)30-25-8-6-7-23(19-25)22-11-9-21(10-12-22)20-29-35(2,32)33;;/h6-16,19,29H,3-5,17-18,20H2,1-2H3,(H,30,31);2*1H. The Morgan fingerprint density at radius 3 is 2.26 bits per heavy atom. The van der Waals surface area contributed by atoms with Gasteiger partial charge in [-0.25, -0.2) is 13.1 Å². The van der Waals surface area contributed by atoms with Crippen molar-refractivity contribution < 1.29 is 20.8 Å². The molecule has 1 aliphatic carbocycles. The van der Waals surface area contributed by atoms with Crippen molar-refractivity contribution >= 4 is 21.6 Å². The van der Waals surface area contributed by atoms with Crippen LogP contribution in [0.3, 0.4) is 0 Å². The first-order chi connectivity index (χ1) is 16.8. The number of rotatable bonds is 8. The molecule has 3 aromatic rings. The van der Waals surface area contributed by atoms with Crippen LogP contribution in [0.5, 0.6) is 5.75 Å². The number of ether oxygens (including phenoxy) is 1. The third-order valence-electron chi connectivity index (χ3n) is 6.73. The van der Waals surface area contributed by atoms with Gasteiger partial charge in [-0.2, -0.15) is 0 Å². The van der Waals surface area contributed by atoms with E-state index in [1.54, 1.807) is 7.11 Å². The van der Waals surface area contributed by atoms with E-state index >= 15 is 0 Å². The van der Waals surface area contributed by atoms with Crippen molar-refractivity contribution in [1.82, 2.24) is 4.72 Å². The van der Waals surface area contributed by atoms with Crippen LogP contribution >= 0.6 is 0 Å². The SMILES string of the molecule is COc1ccc(C2(C(=O)Nc3cccc(-c4ccc(CNS(C)(=O)=O)cc4)c3)CCCCC2)cc1.[HH].[HH]. The number of benzene rings is 3. The average Bonchev–Trinajstić information content (AvgIpc) is 2.88. The van der Waals surface area contributed by atoms with Crippen LogP contribution in [0.2, 0.25) is 0 Å². The summed E-state index contributed by atoms with van der Waals surface area (Å²) in [5.74, 6) is 0.813. The molecule has 1 fully saturated rings. The van der Waals surface area contributed by atoms with Crippen LogP contribution in [-0.2, 0) is 26.8 Å². The van der Waals surface area contributed by atoms with Crippen LogP contribution < -0.4 is 14.8 Å². The highest BCUT2D eigenvalue weighted by molar-refractivity contribution is 7.88. The number of nitrogens with one attached hydrogen (secondary N) is 2. The van der Waals surface area contributed by atoms with E-state index in [-0.39, 0.29) is 15.3 Å². The lowest BCUT2D eigenvalue weighted by Gasteiger charge is -2.36. The van der Waals surface area contributed by atoms with Crippen molar-refractivity contribution in [3.63, 3.8) is 0 Å². The molecule has 4 rings (SSSR count). The minimum absolute atomic E-state index is 0. The van der Waals surface area contributed by atoms with E-state index in [0.29, 0.717) is 0 Å². The molecule has 0 saturated heterocycles. The largest absolute Gasteiger partial charge is 0.497 e. The van der Waals surface area contributed by atoms with E-state index in [1.165, 1.54) is 0 Å². The molecule has 3 aromatic carbocycles. The van der Waals surface area contributed by atoms with Gasteiger partial charge < -0.3 is 10.1 Å². The summed E-state index contributed by atoms with van der Waals surface area (Å²) in [6.45, 7) is 0.253. The number of carbonyl (C=O) groups excluding carboxylic acids is 1. The second-order valence-corrected chi connectivity index (χ2v) is 11.0. The molecule has 6 nitrogen and oxygen atoms in total. The van der Waals surface area contributed by atoms with E-state index in [4.69, 9.17) is 4.74 Å². The van der Waals surface area contributed by atoms with Crippen molar-refractivity contribution in [1.29, 1.82) is 0 Å². The predicted octanol–water partition coefficient (Wildman–Crippen LogP) is 5.74. The van der Waals surface area contributed by atoms with Crippen LogP contribution in [0.25, 0.3) is 11.1 Å². The van der Waals surface area contributed by atoms with Crippen LogP contribution in [0.1, 0.15) is 46.1 Å². The number of carbonyl (C=O) groups is 1. The number of hydrogen-bond donors (Lipinski definition) is 2. The normalized spacial score (nSPS) is 15.4. The van der Waals surface area contributed by atoms with E-state index in [2.05, 4.69) is 10.0 Å². The number of methoxy groups -OCH3 is 1. The van der Waals surface area contributed by atoms with Crippen molar-refractivity contribution in [3.05, 3.63) is 83.9 Å². The first-order valence-corrected chi connectivity index (χ1v) is 13.8. The molecule has 0 radical (unpaired) electrons. The predicted molar refractivity (Wildman–Crippen MR) is 144 cm³/mol. The van der Waals surface area contributed by atoms with Gasteiger partial charge in [-0.3, -0.25) is 4.79 Å². The Labute approximate surface area is 210 Å². The highest BCUT2D eigenvalue weighted by atomic mass is 32.2. The second kappa shape index (κ2) is 10.6. The molecule has 1 amide bonds. The van der Waals surface area contributed by atoms with Gasteiger partial charge in [0.1, 0.15) is 5.75 Å². The maximum absolute atomic E-state index is 13.7. The Kier molecular flexibility index (Phi) is 7.57. The smallest absolute Gasteiger partial charge is 0.235 e. The van der Waals surface area contributed by atoms with Gasteiger partial charge >= 0.3 is 0 Å². The maximum atomic E-state index is 13.7. The van der Waals surface area contributed by atoms with Crippen LogP contribution in [0.15, 0.2) is 72.8 Å². The van der Waals surface area contributed by atoms with Crippen molar-refractivity contribution in [3.8, 4) is 16.9 Å². The van der Waals surface area contributed by atoms with Gasteiger partial charge in [0, 0.05) is 15.1 Å². The molecule has 0 aromatic heterocycles. The molecule has 1 aliphatic rings. The fraction of sp³-hybridized carbons (Fsp3) is 0.321. The van der Waals surface area contributed by atoms with Crippen molar-refractivity contribution in [2.24, 2.45) is 0 Å². The van der Waals surface area contributed by atoms with Gasteiger partial charge in [0.2, 0.25) is 15.9 Å². The second-order valence-electron chi connectivity index (χ2n) is 9.20. The lowest BCUT2D eigenvalue weighted by Crippen LogP contribution is -2.42. The monoisotopic (exact) mass is 496 g/mol. The molecule has 7 heteroatoms. The van der Waals surface area contributed by atoms with Crippen LogP contribution in [0, 0.1) is 0 Å². The number of anilines is 1. The van der Waals surface area contributed by atoms with Gasteiger partial charge in [0.15, 0.2) is 0 Å². The molecule has 0 bridgehead atoms. The Bertz CT molecular complexity index is 1270. The fourth-order valence-electron chi connectivity index (χ4n) is 4.77. The van der Waals surface area contributed by atoms with E-state index in [0.717, 1.165) is 72.1 Å². The summed E-state index contributed by atoms with van der Waals surface area (Å²) >= 11 is 0. The zero-order valence-corrected chi connectivity index (χ0v) is 21.0. The van der Waals surface area contributed by atoms with Gasteiger partial charge in [-0.15, -0.1) is 0 Å². The van der Waals surface area contributed by atoms with Crippen molar-refractivity contribution in [2.75, 3.05) is 18.7 Å². The molecule has 0 aliphatic heterocycles. The summed E-state index contributed by atoms with van der Waals surface area (Å²) in [6.07, 6.45) is 6.01. The quantitative estimate of drug-likeness (QED) is 0.416. The zero-order chi connectivity index (χ0) is 24.9. The molecule has 2 N–H and O–H groups in total. The maximum Gasteiger partial charge on any atom is 0.235 e. The Morgan fingerprint density at radius 1 is 0.943 bits per heavy atom. The lowest BCUT2D eigenvalue weighted by molar-refractivity contribution is -0.122. The molecule has 188 valence electrons. The molecule has 1 saturated carbocycles. The van der Waals surface area contributed by atoms with Gasteiger partial charge in [-0.05, 0) is 59.4 Å². The zero-order valence-electron chi connectivity index (χ0n) is 20.2. The van der Waals surface area contributed by atoms with E-state index in [9.17, 15) is 13.2 Å². The molecule has 0 unspecified atom stereocenters. The minimum Gasteiger partial charge on any atom is -0.497 e. The highest BCUT2D eigenvalue weighted by Gasteiger charge is 2.41. The highest BCUT2D eigenvalue weighted by Crippen LogP contribution is 2.41. The Morgan fingerprint density at radius 2 is 1.63 bits per heavy atom. The number of sulfonamides is 1. The summed E-state index contributed by atoms with van der Waals surface area (Å²) < 4.78 is 30.5. The molecule has 35 heavy (non-hydrogen) atoms. The summed E-state index contributed by atoms with van der Waals surface area (Å²) in [4.78, 5) is 13.7. The Hall–Kier alpha value is -3.16. The summed E-state index contributed by atoms with van der Waals surface area (Å²) in [6, 6.07) is 23.4. The molecular formula is C28H36N2O4S. The summed E-state index contributed by atoms with van der Waals surface area (Å²) in [7, 11) is -1.59. The van der Waals surface area contributed by atoms with Gasteiger partial charge in [-0.1, -0.05) is 67.8 Å². The summed E-state index contributed by atoms with van der Waals surface area (Å²) in [5.41, 5.74) is 4.09. The molecular weight excluding hydrogens is 460 g/mol. The molecule has 0 spiro atoms. The minimum atomic E-state index is -3.24. The van der Waals surface area contributed by atoms with E-state index in [1.807, 2.05) is 72.8 Å². The van der Waals surface area contributed by atoms with E-state index < -0.39 is 15.4 Å². The Balaban J connectivity index is 0.00000241. The number of amides is 1. The van der Waals surface area contributed by atoms with Crippen LogP contribution in [-0.4, -0.2) is 27.7 Å². The summed E-state index contributed by atoms with van der Waals surface area (Å²) in [5, 5.41) is 3.19. The number of hydrogen-bond acceptors (Lipinski definition) is 4. The van der Waals surface area contributed by atoms with Crippen molar-refractivity contribution in [2.45, 2.75) is 44.1 Å². The van der Waals surface area contributed by atoms with Gasteiger partial charge in [0.25, 0.3) is 0 Å². The molecule has 0 heterocycles. The topological polar surface area (TPSA) is 84.5 Å². The fourth-order valence-corrected chi connectivity index (χ4v) is 5.20. The first kappa shape index (κ1) is 24.9. The van der Waals surface area contributed by atoms with Crippen LogP contribution in [0.4, 0.5) is 5.69 Å². The first-order valence-electron chi connectivity index (χ1n) is 11.9. The third kappa shape index (κ3) is 6.10. The lowest BCUT2D eigenvalue weighted by atomic mass is 9.68. The van der Waals surface area contributed by atoms with Gasteiger partial charge in [0.05, 0.1) is 18.8 Å².